The molecule has 2 amide bonds. The van der Waals surface area contributed by atoms with Crippen LogP contribution in [0.25, 0.3) is 11.0 Å². The zero-order valence-corrected chi connectivity index (χ0v) is 13.9. The molecule has 1 fully saturated rings. The van der Waals surface area contributed by atoms with Crippen LogP contribution in [0.15, 0.2) is 42.7 Å². The van der Waals surface area contributed by atoms with E-state index in [4.69, 9.17) is 9.47 Å². The fourth-order valence-corrected chi connectivity index (χ4v) is 3.22. The van der Waals surface area contributed by atoms with Gasteiger partial charge in [-0.1, -0.05) is 0 Å². The predicted molar refractivity (Wildman–Crippen MR) is 94.3 cm³/mol. The molecule has 1 atom stereocenters. The molecule has 7 heteroatoms. The van der Waals surface area contributed by atoms with Gasteiger partial charge in [0.05, 0.1) is 37.6 Å². The number of nitrogens with zero attached hydrogens (tertiary/aromatic N) is 2. The van der Waals surface area contributed by atoms with Crippen LogP contribution in [-0.2, 0) is 0 Å². The van der Waals surface area contributed by atoms with Crippen molar-refractivity contribution in [2.24, 2.45) is 0 Å². The number of rotatable bonds is 4. The van der Waals surface area contributed by atoms with Crippen LogP contribution in [0.4, 0.5) is 10.5 Å². The zero-order valence-electron chi connectivity index (χ0n) is 13.9. The first-order valence-electron chi connectivity index (χ1n) is 7.93. The number of nitrogens with one attached hydrogen (secondary N) is 2. The molecule has 2 aromatic carbocycles. The molecular formula is C18H18N4O3. The lowest BCUT2D eigenvalue weighted by Crippen LogP contribution is -2.29. The van der Waals surface area contributed by atoms with Crippen LogP contribution in [0.2, 0.25) is 0 Å². The van der Waals surface area contributed by atoms with E-state index in [0.29, 0.717) is 18.0 Å². The van der Waals surface area contributed by atoms with Gasteiger partial charge in [-0.2, -0.15) is 0 Å². The highest BCUT2D eigenvalue weighted by atomic mass is 16.5. The molecule has 1 aliphatic heterocycles. The first-order valence-corrected chi connectivity index (χ1v) is 7.93. The maximum Gasteiger partial charge on any atom is 0.322 e. The summed E-state index contributed by atoms with van der Waals surface area (Å²) < 4.78 is 10.8. The van der Waals surface area contributed by atoms with Gasteiger partial charge in [-0.05, 0) is 30.3 Å². The Hall–Kier alpha value is -3.22. The Labute approximate surface area is 144 Å². The third-order valence-electron chi connectivity index (χ3n) is 4.46. The van der Waals surface area contributed by atoms with Gasteiger partial charge in [0.1, 0.15) is 11.5 Å². The van der Waals surface area contributed by atoms with E-state index in [1.54, 1.807) is 25.4 Å². The number of hydrogen-bond donors (Lipinski definition) is 2. The van der Waals surface area contributed by atoms with E-state index in [1.165, 1.54) is 0 Å². The topological polar surface area (TPSA) is 79.5 Å². The fourth-order valence-electron chi connectivity index (χ4n) is 3.22. The van der Waals surface area contributed by atoms with Gasteiger partial charge in [0.25, 0.3) is 0 Å². The van der Waals surface area contributed by atoms with Gasteiger partial charge in [0.2, 0.25) is 0 Å². The lowest BCUT2D eigenvalue weighted by atomic mass is 10.0. The van der Waals surface area contributed by atoms with Gasteiger partial charge in [-0.3, -0.25) is 4.90 Å². The summed E-state index contributed by atoms with van der Waals surface area (Å²) >= 11 is 0. The Balaban J connectivity index is 1.77. The van der Waals surface area contributed by atoms with Crippen molar-refractivity contribution >= 4 is 22.8 Å². The second kappa shape index (κ2) is 6.01. The molecule has 128 valence electrons. The SMILES string of the molecule is COc1ccc(C2CNC(=O)N2c2ccc3nc[nH]c3c2)c(OC)c1. The molecule has 0 aliphatic carbocycles. The van der Waals surface area contributed by atoms with Crippen LogP contribution in [-0.4, -0.2) is 36.8 Å². The van der Waals surface area contributed by atoms with E-state index >= 15 is 0 Å². The Morgan fingerprint density at radius 1 is 1.16 bits per heavy atom. The van der Waals surface area contributed by atoms with E-state index in [9.17, 15) is 4.79 Å². The summed E-state index contributed by atoms with van der Waals surface area (Å²) in [5, 5.41) is 2.91. The quantitative estimate of drug-likeness (QED) is 0.767. The van der Waals surface area contributed by atoms with Crippen molar-refractivity contribution in [2.45, 2.75) is 6.04 Å². The maximum atomic E-state index is 12.5. The number of H-pyrrole nitrogens is 1. The summed E-state index contributed by atoms with van der Waals surface area (Å²) in [6.07, 6.45) is 1.64. The zero-order chi connectivity index (χ0) is 17.4. The van der Waals surface area contributed by atoms with E-state index in [0.717, 1.165) is 22.3 Å². The number of amides is 2. The highest BCUT2D eigenvalue weighted by molar-refractivity contribution is 5.97. The van der Waals surface area contributed by atoms with Gasteiger partial charge in [0, 0.05) is 23.9 Å². The highest BCUT2D eigenvalue weighted by Gasteiger charge is 2.35. The molecule has 1 unspecified atom stereocenters. The van der Waals surface area contributed by atoms with Crippen LogP contribution in [0, 0.1) is 0 Å². The third kappa shape index (κ3) is 2.53. The smallest absolute Gasteiger partial charge is 0.322 e. The number of fused-ring (bicyclic) bond motifs is 1. The van der Waals surface area contributed by atoms with Crippen molar-refractivity contribution < 1.29 is 14.3 Å². The van der Waals surface area contributed by atoms with E-state index in [-0.39, 0.29) is 12.1 Å². The van der Waals surface area contributed by atoms with Crippen LogP contribution < -0.4 is 19.7 Å². The van der Waals surface area contributed by atoms with Crippen LogP contribution in [0.5, 0.6) is 11.5 Å². The molecule has 2 heterocycles. The molecule has 1 aliphatic rings. The maximum absolute atomic E-state index is 12.5. The number of benzene rings is 2. The van der Waals surface area contributed by atoms with Crippen molar-refractivity contribution in [1.29, 1.82) is 0 Å². The molecule has 3 aromatic rings. The molecule has 1 saturated heterocycles. The molecular weight excluding hydrogens is 320 g/mol. The molecule has 0 radical (unpaired) electrons. The van der Waals surface area contributed by atoms with Gasteiger partial charge in [-0.15, -0.1) is 0 Å². The molecule has 2 N–H and O–H groups in total. The molecule has 7 nitrogen and oxygen atoms in total. The minimum Gasteiger partial charge on any atom is -0.497 e. The fraction of sp³-hybridized carbons (Fsp3) is 0.222. The molecule has 0 spiro atoms. The van der Waals surface area contributed by atoms with Crippen molar-refractivity contribution in [1.82, 2.24) is 15.3 Å². The minimum atomic E-state index is -0.172. The lowest BCUT2D eigenvalue weighted by Gasteiger charge is -2.25. The minimum absolute atomic E-state index is 0.137. The predicted octanol–water partition coefficient (Wildman–Crippen LogP) is 2.85. The average molecular weight is 338 g/mol. The highest BCUT2D eigenvalue weighted by Crippen LogP contribution is 2.37. The van der Waals surface area contributed by atoms with Gasteiger partial charge < -0.3 is 19.8 Å². The Morgan fingerprint density at radius 2 is 2.04 bits per heavy atom. The Morgan fingerprint density at radius 3 is 2.84 bits per heavy atom. The van der Waals surface area contributed by atoms with E-state index < -0.39 is 0 Å². The summed E-state index contributed by atoms with van der Waals surface area (Å²) in [6, 6.07) is 11.0. The number of methoxy groups -OCH3 is 2. The number of aromatic nitrogens is 2. The summed E-state index contributed by atoms with van der Waals surface area (Å²) in [5.41, 5.74) is 3.47. The van der Waals surface area contributed by atoms with Gasteiger partial charge >= 0.3 is 6.03 Å². The largest absolute Gasteiger partial charge is 0.497 e. The van der Waals surface area contributed by atoms with E-state index in [2.05, 4.69) is 15.3 Å². The molecule has 0 saturated carbocycles. The van der Waals surface area contributed by atoms with Gasteiger partial charge in [0.15, 0.2) is 0 Å². The van der Waals surface area contributed by atoms with Crippen molar-refractivity contribution in [3.8, 4) is 11.5 Å². The average Bonchev–Trinajstić information content (AvgIpc) is 3.26. The molecule has 25 heavy (non-hydrogen) atoms. The standard InChI is InChI=1S/C18H18N4O3/c1-24-12-4-5-13(17(8-12)25-2)16-9-19-18(23)22(16)11-3-6-14-15(7-11)21-10-20-14/h3-8,10,16H,9H2,1-2H3,(H,19,23)(H,20,21). The van der Waals surface area contributed by atoms with Crippen molar-refractivity contribution in [3.63, 3.8) is 0 Å². The number of carbonyl (C=O) groups excluding carboxylic acids is 1. The number of ether oxygens (including phenoxy) is 2. The van der Waals surface area contributed by atoms with Crippen molar-refractivity contribution in [2.75, 3.05) is 25.7 Å². The van der Waals surface area contributed by atoms with Crippen LogP contribution >= 0.6 is 0 Å². The second-order valence-electron chi connectivity index (χ2n) is 5.78. The Bertz CT molecular complexity index is 937. The number of anilines is 1. The number of imidazole rings is 1. The summed E-state index contributed by atoms with van der Waals surface area (Å²) in [7, 11) is 3.23. The Kier molecular flexibility index (Phi) is 3.68. The summed E-state index contributed by atoms with van der Waals surface area (Å²) in [6.45, 7) is 0.503. The second-order valence-corrected chi connectivity index (χ2v) is 5.78. The van der Waals surface area contributed by atoms with Gasteiger partial charge in [-0.25, -0.2) is 9.78 Å². The summed E-state index contributed by atoms with van der Waals surface area (Å²) in [5.74, 6) is 1.40. The first kappa shape index (κ1) is 15.3. The van der Waals surface area contributed by atoms with E-state index in [1.807, 2.05) is 36.4 Å². The number of hydrogen-bond acceptors (Lipinski definition) is 4. The van der Waals surface area contributed by atoms with Crippen molar-refractivity contribution in [3.05, 3.63) is 48.3 Å². The monoisotopic (exact) mass is 338 g/mol. The number of aromatic amines is 1. The molecule has 4 rings (SSSR count). The first-order chi connectivity index (χ1) is 12.2. The van der Waals surface area contributed by atoms with Crippen LogP contribution in [0.3, 0.4) is 0 Å². The van der Waals surface area contributed by atoms with Crippen LogP contribution in [0.1, 0.15) is 11.6 Å². The number of carbonyl (C=O) groups is 1. The lowest BCUT2D eigenvalue weighted by molar-refractivity contribution is 0.251. The molecule has 1 aromatic heterocycles. The summed E-state index contributed by atoms with van der Waals surface area (Å²) in [4.78, 5) is 21.5. The normalized spacial score (nSPS) is 17.0. The third-order valence-corrected chi connectivity index (χ3v) is 4.46. The molecule has 0 bridgehead atoms. The number of urea groups is 1.